The highest BCUT2D eigenvalue weighted by Gasteiger charge is 2.29. The zero-order chi connectivity index (χ0) is 39.0. The Balaban J connectivity index is 0.000000366. The van der Waals surface area contributed by atoms with E-state index < -0.39 is 5.97 Å². The summed E-state index contributed by atoms with van der Waals surface area (Å²) < 4.78 is 3.43. The van der Waals surface area contributed by atoms with Gasteiger partial charge >= 0.3 is 5.97 Å². The van der Waals surface area contributed by atoms with Gasteiger partial charge in [0, 0.05) is 22.4 Å². The summed E-state index contributed by atoms with van der Waals surface area (Å²) in [5.41, 5.74) is 8.81. The number of aromatic nitrogens is 2. The number of fused-ring (bicyclic) bond motifs is 2. The van der Waals surface area contributed by atoms with E-state index in [0.717, 1.165) is 62.3 Å². The molecule has 2 N–H and O–H groups in total. The third-order valence-electron chi connectivity index (χ3n) is 10.2. The number of allylic oxidation sites excluding steroid dienone is 1. The van der Waals surface area contributed by atoms with Crippen molar-refractivity contribution >= 4 is 50.2 Å². The van der Waals surface area contributed by atoms with Crippen LogP contribution < -0.4 is 5.32 Å². The number of nitrogens with one attached hydrogen (secondary N) is 1. The molecule has 0 amide bonds. The number of thioether (sulfide) groups is 1. The highest BCUT2D eigenvalue weighted by Crippen LogP contribution is 2.47. The summed E-state index contributed by atoms with van der Waals surface area (Å²) in [6.07, 6.45) is 16.1. The summed E-state index contributed by atoms with van der Waals surface area (Å²) in [7, 11) is 0. The second-order valence-electron chi connectivity index (χ2n) is 15.0. The van der Waals surface area contributed by atoms with Crippen LogP contribution in [0.25, 0.3) is 43.6 Å². The Morgan fingerprint density at radius 1 is 0.944 bits per heavy atom. The van der Waals surface area contributed by atoms with Crippen LogP contribution in [0, 0.1) is 5.92 Å². The Labute approximate surface area is 334 Å². The molecule has 0 atom stereocenters. The van der Waals surface area contributed by atoms with E-state index in [0.29, 0.717) is 17.3 Å². The maximum atomic E-state index is 11.9. The van der Waals surface area contributed by atoms with Gasteiger partial charge in [0.25, 0.3) is 0 Å². The second kappa shape index (κ2) is 22.2. The first-order valence-electron chi connectivity index (χ1n) is 20.4. The van der Waals surface area contributed by atoms with Gasteiger partial charge in [0.15, 0.2) is 0 Å². The van der Waals surface area contributed by atoms with Crippen molar-refractivity contribution in [1.29, 1.82) is 0 Å². The fraction of sp³-hybridized carbons (Fsp3) is 0.489. The number of carboxylic acid groups (broad SMARTS) is 1. The van der Waals surface area contributed by atoms with E-state index >= 15 is 0 Å². The van der Waals surface area contributed by atoms with Gasteiger partial charge in [0.1, 0.15) is 4.88 Å². The number of hydrogen-bond acceptors (Lipinski definition) is 5. The van der Waals surface area contributed by atoms with Crippen molar-refractivity contribution in [3.05, 3.63) is 83.3 Å². The smallest absolute Gasteiger partial charge is 0.345 e. The fourth-order valence-electron chi connectivity index (χ4n) is 7.59. The predicted octanol–water partition coefficient (Wildman–Crippen LogP) is 14.2. The molecular weight excluding hydrogens is 703 g/mol. The van der Waals surface area contributed by atoms with Crippen LogP contribution in [0.2, 0.25) is 0 Å². The van der Waals surface area contributed by atoms with Crippen LogP contribution in [0.15, 0.2) is 77.7 Å². The highest BCUT2D eigenvalue weighted by molar-refractivity contribution is 7.98. The topological polar surface area (TPSA) is 67.2 Å². The van der Waals surface area contributed by atoms with Gasteiger partial charge in [0.2, 0.25) is 0 Å². The number of hydrogen-bond donors (Lipinski definition) is 2. The molecule has 0 bridgehead atoms. The minimum Gasteiger partial charge on any atom is -0.477 e. The Bertz CT molecular complexity index is 1920. The lowest BCUT2D eigenvalue weighted by Crippen LogP contribution is -2.14. The first-order chi connectivity index (χ1) is 26.1. The molecule has 6 rings (SSSR count). The van der Waals surface area contributed by atoms with Crippen LogP contribution in [-0.2, 0) is 6.54 Å². The molecule has 5 nitrogen and oxygen atoms in total. The minimum atomic E-state index is -0.857. The van der Waals surface area contributed by atoms with Gasteiger partial charge in [-0.1, -0.05) is 116 Å². The SMILES string of the molecule is C=C(C)Cn1c(-c2ccc3nc(-c4cccc(SC)c4)ccc3c2)c(C2CCCCC2)c2sc(C(=O)O)cc21.CCCC(C)CCC.CCCNCCC. The molecule has 1 aliphatic carbocycles. The Morgan fingerprint density at radius 3 is 2.26 bits per heavy atom. The molecule has 0 spiro atoms. The zero-order valence-electron chi connectivity index (χ0n) is 34.1. The van der Waals surface area contributed by atoms with Crippen LogP contribution in [-0.4, -0.2) is 40.0 Å². The van der Waals surface area contributed by atoms with Crippen molar-refractivity contribution in [3.63, 3.8) is 0 Å². The van der Waals surface area contributed by atoms with Gasteiger partial charge in [-0.3, -0.25) is 0 Å². The largest absolute Gasteiger partial charge is 0.477 e. The van der Waals surface area contributed by atoms with Crippen LogP contribution in [0.4, 0.5) is 0 Å². The lowest BCUT2D eigenvalue weighted by atomic mass is 9.83. The molecule has 3 heterocycles. The molecule has 54 heavy (non-hydrogen) atoms. The van der Waals surface area contributed by atoms with Gasteiger partial charge in [-0.2, -0.15) is 0 Å². The van der Waals surface area contributed by atoms with Gasteiger partial charge in [0.05, 0.1) is 27.1 Å². The lowest BCUT2D eigenvalue weighted by Gasteiger charge is -2.24. The number of carbonyl (C=O) groups is 1. The Morgan fingerprint density at radius 2 is 1.65 bits per heavy atom. The lowest BCUT2D eigenvalue weighted by molar-refractivity contribution is 0.0702. The number of carboxylic acids is 1. The van der Waals surface area contributed by atoms with Crippen LogP contribution in [0.1, 0.15) is 133 Å². The van der Waals surface area contributed by atoms with Gasteiger partial charge in [-0.15, -0.1) is 23.1 Å². The van der Waals surface area contributed by atoms with Gasteiger partial charge in [-0.05, 0) is 111 Å². The first-order valence-corrected chi connectivity index (χ1v) is 22.5. The monoisotopic (exact) mass is 767 g/mol. The van der Waals surface area contributed by atoms with E-state index in [2.05, 4.69) is 112 Å². The molecule has 1 saturated carbocycles. The first kappa shape index (κ1) is 43.3. The minimum absolute atomic E-state index is 0.403. The summed E-state index contributed by atoms with van der Waals surface area (Å²) in [4.78, 5) is 18.6. The molecule has 0 radical (unpaired) electrons. The number of thiophene rings is 1. The molecule has 1 fully saturated rings. The van der Waals surface area contributed by atoms with Crippen LogP contribution in [0.3, 0.4) is 0 Å². The van der Waals surface area contributed by atoms with E-state index in [9.17, 15) is 9.90 Å². The van der Waals surface area contributed by atoms with Crippen LogP contribution in [0.5, 0.6) is 0 Å². The fourth-order valence-corrected chi connectivity index (χ4v) is 9.18. The molecular formula is C47H65N3O2S2. The number of pyridine rings is 1. The summed E-state index contributed by atoms with van der Waals surface area (Å²) >= 11 is 3.16. The van der Waals surface area contributed by atoms with Crippen molar-refractivity contribution in [2.45, 2.75) is 130 Å². The molecule has 1 aliphatic rings. The second-order valence-corrected chi connectivity index (χ2v) is 17.0. The van der Waals surface area contributed by atoms with Crippen molar-refractivity contribution in [1.82, 2.24) is 14.9 Å². The Hall–Kier alpha value is -3.39. The van der Waals surface area contributed by atoms with Gasteiger partial charge < -0.3 is 15.0 Å². The van der Waals surface area contributed by atoms with E-state index in [1.54, 1.807) is 11.8 Å². The number of aromatic carboxylic acids is 1. The molecule has 5 aromatic rings. The number of nitrogens with zero attached hydrogens (tertiary/aromatic N) is 2. The average Bonchev–Trinajstić information content (AvgIpc) is 3.74. The highest BCUT2D eigenvalue weighted by atomic mass is 32.2. The molecule has 2 aromatic carbocycles. The molecule has 3 aromatic heterocycles. The molecule has 0 aliphatic heterocycles. The normalized spacial score (nSPS) is 13.1. The maximum absolute atomic E-state index is 11.9. The van der Waals surface area contributed by atoms with Crippen molar-refractivity contribution in [2.24, 2.45) is 5.92 Å². The van der Waals surface area contributed by atoms with Crippen molar-refractivity contribution in [2.75, 3.05) is 19.3 Å². The van der Waals surface area contributed by atoms with Gasteiger partial charge in [-0.25, -0.2) is 9.78 Å². The molecule has 292 valence electrons. The Kier molecular flexibility index (Phi) is 17.8. The van der Waals surface area contributed by atoms with Crippen molar-refractivity contribution < 1.29 is 9.90 Å². The number of rotatable bonds is 15. The maximum Gasteiger partial charge on any atom is 0.345 e. The average molecular weight is 768 g/mol. The molecule has 7 heteroatoms. The quantitative estimate of drug-likeness (QED) is 0.0631. The van der Waals surface area contributed by atoms with E-state index in [-0.39, 0.29) is 0 Å². The summed E-state index contributed by atoms with van der Waals surface area (Å²) in [6, 6.07) is 21.2. The summed E-state index contributed by atoms with van der Waals surface area (Å²) in [5.74, 6) is 0.540. The van der Waals surface area contributed by atoms with Crippen LogP contribution >= 0.6 is 23.1 Å². The van der Waals surface area contributed by atoms with E-state index in [1.807, 2.05) is 13.0 Å². The third kappa shape index (κ3) is 11.8. The summed E-state index contributed by atoms with van der Waals surface area (Å²) in [5, 5.41) is 14.2. The third-order valence-corrected chi connectivity index (χ3v) is 12.0. The predicted molar refractivity (Wildman–Crippen MR) is 238 cm³/mol. The molecule has 0 saturated heterocycles. The molecule has 0 unspecified atom stereocenters. The standard InChI is InChI=1S/C33H32N2O2S2.C8H18.C6H15N/c1-20(2)19-35-28-18-29(33(36)37)39-32(28)30(21-8-5-4-6-9-21)31(35)24-13-15-27-23(16-24)12-14-26(34-27)22-10-7-11-25(17-22)38-3;1-4-6-8(3)7-5-2;1-3-5-7-6-4-2/h7,10-18,21H,1,4-6,8-9,19H2,2-3H3,(H,36,37);8H,4-7H2,1-3H3;7H,3-6H2,1-2H3. The van der Waals surface area contributed by atoms with E-state index in [4.69, 9.17) is 4.98 Å². The van der Waals surface area contributed by atoms with Crippen molar-refractivity contribution in [3.8, 4) is 22.5 Å². The number of benzene rings is 2. The van der Waals surface area contributed by atoms with E-state index in [1.165, 1.54) is 98.4 Å². The zero-order valence-corrected chi connectivity index (χ0v) is 35.7. The summed E-state index contributed by atoms with van der Waals surface area (Å²) in [6.45, 7) is 20.5.